The summed E-state index contributed by atoms with van der Waals surface area (Å²) in [5.41, 5.74) is 1.04. The van der Waals surface area contributed by atoms with Gasteiger partial charge in [0.1, 0.15) is 23.9 Å². The molecule has 0 aliphatic rings. The Hall–Kier alpha value is -2.79. The molecular formula is C21H23NO4. The standard InChI is InChI=1S/C21H23NO4/c23-21(22-13-5-14-24-16-19-8-4-15-25-19)12-10-18-9-11-20(26-18)17-6-2-1-3-7-17/h1-4,6-9,11,15H,5,10,12-14,16H2,(H,22,23). The lowest BCUT2D eigenvalue weighted by atomic mass is 10.2. The van der Waals surface area contributed by atoms with Gasteiger partial charge in [-0.25, -0.2) is 0 Å². The van der Waals surface area contributed by atoms with E-state index in [1.54, 1.807) is 6.26 Å². The smallest absolute Gasteiger partial charge is 0.220 e. The Balaban J connectivity index is 1.29. The Labute approximate surface area is 153 Å². The van der Waals surface area contributed by atoms with Crippen LogP contribution in [0, 0.1) is 0 Å². The van der Waals surface area contributed by atoms with Gasteiger partial charge in [-0.15, -0.1) is 0 Å². The second-order valence-electron chi connectivity index (χ2n) is 5.97. The van der Waals surface area contributed by atoms with Gasteiger partial charge in [-0.1, -0.05) is 30.3 Å². The molecule has 0 saturated carbocycles. The van der Waals surface area contributed by atoms with Crippen molar-refractivity contribution in [1.82, 2.24) is 5.32 Å². The number of hydrogen-bond acceptors (Lipinski definition) is 4. The van der Waals surface area contributed by atoms with Crippen LogP contribution in [0.3, 0.4) is 0 Å². The first-order valence-electron chi connectivity index (χ1n) is 8.82. The maximum atomic E-state index is 11.9. The minimum Gasteiger partial charge on any atom is -0.467 e. The van der Waals surface area contributed by atoms with E-state index in [0.29, 0.717) is 32.6 Å². The number of nitrogens with one attached hydrogen (secondary N) is 1. The van der Waals surface area contributed by atoms with Crippen LogP contribution in [-0.2, 0) is 22.6 Å². The lowest BCUT2D eigenvalue weighted by molar-refractivity contribution is -0.121. The number of furan rings is 2. The fourth-order valence-electron chi connectivity index (χ4n) is 2.56. The molecule has 5 nitrogen and oxygen atoms in total. The third kappa shape index (κ3) is 5.63. The molecule has 1 N–H and O–H groups in total. The molecule has 0 saturated heterocycles. The Morgan fingerprint density at radius 3 is 2.69 bits per heavy atom. The van der Waals surface area contributed by atoms with Gasteiger partial charge in [-0.2, -0.15) is 0 Å². The van der Waals surface area contributed by atoms with Crippen molar-refractivity contribution in [2.24, 2.45) is 0 Å². The third-order valence-electron chi connectivity index (χ3n) is 3.93. The largest absolute Gasteiger partial charge is 0.467 e. The Bertz CT molecular complexity index is 777. The molecule has 3 rings (SSSR count). The average Bonchev–Trinajstić information content (AvgIpc) is 3.35. The van der Waals surface area contributed by atoms with E-state index in [0.717, 1.165) is 29.3 Å². The molecule has 0 aliphatic heterocycles. The minimum absolute atomic E-state index is 0.0219. The summed E-state index contributed by atoms with van der Waals surface area (Å²) in [7, 11) is 0. The van der Waals surface area contributed by atoms with Crippen LogP contribution < -0.4 is 5.32 Å². The van der Waals surface area contributed by atoms with Gasteiger partial charge in [-0.3, -0.25) is 4.79 Å². The van der Waals surface area contributed by atoms with Crippen LogP contribution in [0.15, 0.2) is 69.7 Å². The molecule has 136 valence electrons. The number of hydrogen-bond donors (Lipinski definition) is 1. The second kappa shape index (κ2) is 9.63. The predicted octanol–water partition coefficient (Wildman–Crippen LogP) is 4.20. The monoisotopic (exact) mass is 353 g/mol. The Morgan fingerprint density at radius 2 is 1.88 bits per heavy atom. The normalized spacial score (nSPS) is 10.8. The van der Waals surface area contributed by atoms with Crippen LogP contribution in [0.4, 0.5) is 0 Å². The van der Waals surface area contributed by atoms with Crippen molar-refractivity contribution in [3.8, 4) is 11.3 Å². The van der Waals surface area contributed by atoms with E-state index in [4.69, 9.17) is 13.6 Å². The molecule has 0 atom stereocenters. The Kier molecular flexibility index (Phi) is 6.67. The van der Waals surface area contributed by atoms with E-state index in [2.05, 4.69) is 5.32 Å². The summed E-state index contributed by atoms with van der Waals surface area (Å²) < 4.78 is 16.5. The molecule has 1 amide bonds. The zero-order chi connectivity index (χ0) is 18.0. The maximum absolute atomic E-state index is 11.9. The topological polar surface area (TPSA) is 64.6 Å². The van der Waals surface area contributed by atoms with Crippen molar-refractivity contribution in [3.63, 3.8) is 0 Å². The molecule has 0 fully saturated rings. The molecule has 0 unspecified atom stereocenters. The molecule has 0 aliphatic carbocycles. The van der Waals surface area contributed by atoms with Gasteiger partial charge in [-0.05, 0) is 30.7 Å². The molecule has 2 heterocycles. The highest BCUT2D eigenvalue weighted by Crippen LogP contribution is 2.22. The van der Waals surface area contributed by atoms with E-state index in [-0.39, 0.29) is 5.91 Å². The van der Waals surface area contributed by atoms with E-state index < -0.39 is 0 Å². The third-order valence-corrected chi connectivity index (χ3v) is 3.93. The fraction of sp³-hybridized carbons (Fsp3) is 0.286. The molecule has 2 aromatic heterocycles. The molecule has 26 heavy (non-hydrogen) atoms. The van der Waals surface area contributed by atoms with E-state index in [9.17, 15) is 4.79 Å². The van der Waals surface area contributed by atoms with Crippen molar-refractivity contribution >= 4 is 5.91 Å². The number of carbonyl (C=O) groups is 1. The summed E-state index contributed by atoms with van der Waals surface area (Å²) in [6.07, 6.45) is 3.40. The minimum atomic E-state index is 0.0219. The molecule has 1 aromatic carbocycles. The highest BCUT2D eigenvalue weighted by Gasteiger charge is 2.07. The van der Waals surface area contributed by atoms with Crippen LogP contribution in [0.1, 0.15) is 24.4 Å². The quantitative estimate of drug-likeness (QED) is 0.555. The number of aryl methyl sites for hydroxylation is 1. The van der Waals surface area contributed by atoms with Crippen molar-refractivity contribution in [3.05, 3.63) is 72.4 Å². The second-order valence-corrected chi connectivity index (χ2v) is 5.97. The summed E-state index contributed by atoms with van der Waals surface area (Å²) in [5.74, 6) is 2.48. The number of amides is 1. The predicted molar refractivity (Wildman–Crippen MR) is 98.5 cm³/mol. The first-order valence-corrected chi connectivity index (χ1v) is 8.82. The SMILES string of the molecule is O=C(CCc1ccc(-c2ccccc2)o1)NCCCOCc1ccco1. The van der Waals surface area contributed by atoms with Crippen molar-refractivity contribution < 1.29 is 18.4 Å². The van der Waals surface area contributed by atoms with Gasteiger partial charge >= 0.3 is 0 Å². The van der Waals surface area contributed by atoms with E-state index in [1.807, 2.05) is 54.6 Å². The zero-order valence-electron chi connectivity index (χ0n) is 14.6. The van der Waals surface area contributed by atoms with Crippen LogP contribution in [0.2, 0.25) is 0 Å². The average molecular weight is 353 g/mol. The molecule has 0 radical (unpaired) electrons. The first-order chi connectivity index (χ1) is 12.8. The van der Waals surface area contributed by atoms with Crippen LogP contribution >= 0.6 is 0 Å². The van der Waals surface area contributed by atoms with Crippen molar-refractivity contribution in [2.45, 2.75) is 25.9 Å². The van der Waals surface area contributed by atoms with Gasteiger partial charge in [0.05, 0.1) is 6.26 Å². The fourth-order valence-corrected chi connectivity index (χ4v) is 2.56. The van der Waals surface area contributed by atoms with Crippen molar-refractivity contribution in [1.29, 1.82) is 0 Å². The number of benzene rings is 1. The lowest BCUT2D eigenvalue weighted by Gasteiger charge is -2.05. The molecule has 0 bridgehead atoms. The zero-order valence-corrected chi connectivity index (χ0v) is 14.6. The highest BCUT2D eigenvalue weighted by molar-refractivity contribution is 5.76. The van der Waals surface area contributed by atoms with Gasteiger partial charge in [0, 0.05) is 31.6 Å². The molecular weight excluding hydrogens is 330 g/mol. The number of ether oxygens (including phenoxy) is 1. The molecule has 5 heteroatoms. The molecule has 0 spiro atoms. The van der Waals surface area contributed by atoms with Crippen molar-refractivity contribution in [2.75, 3.05) is 13.2 Å². The number of carbonyl (C=O) groups excluding carboxylic acids is 1. The van der Waals surface area contributed by atoms with Gasteiger partial charge in [0.2, 0.25) is 5.91 Å². The lowest BCUT2D eigenvalue weighted by Crippen LogP contribution is -2.25. The highest BCUT2D eigenvalue weighted by atomic mass is 16.5. The summed E-state index contributed by atoms with van der Waals surface area (Å²) in [6, 6.07) is 17.5. The summed E-state index contributed by atoms with van der Waals surface area (Å²) >= 11 is 0. The maximum Gasteiger partial charge on any atom is 0.220 e. The first kappa shape index (κ1) is 18.0. The van der Waals surface area contributed by atoms with Gasteiger partial charge in [0.25, 0.3) is 0 Å². The number of rotatable bonds is 10. The van der Waals surface area contributed by atoms with Gasteiger partial charge < -0.3 is 18.9 Å². The van der Waals surface area contributed by atoms with E-state index in [1.165, 1.54) is 0 Å². The van der Waals surface area contributed by atoms with E-state index >= 15 is 0 Å². The molecule has 3 aromatic rings. The summed E-state index contributed by atoms with van der Waals surface area (Å²) in [6.45, 7) is 1.65. The van der Waals surface area contributed by atoms with Crippen LogP contribution in [0.5, 0.6) is 0 Å². The van der Waals surface area contributed by atoms with Crippen LogP contribution in [-0.4, -0.2) is 19.1 Å². The summed E-state index contributed by atoms with van der Waals surface area (Å²) in [4.78, 5) is 11.9. The van der Waals surface area contributed by atoms with Crippen LogP contribution in [0.25, 0.3) is 11.3 Å². The Morgan fingerprint density at radius 1 is 1.00 bits per heavy atom. The summed E-state index contributed by atoms with van der Waals surface area (Å²) in [5, 5.41) is 2.90. The van der Waals surface area contributed by atoms with Gasteiger partial charge in [0.15, 0.2) is 0 Å².